The van der Waals surface area contributed by atoms with Gasteiger partial charge in [0.1, 0.15) is 11.5 Å². The third-order valence-electron chi connectivity index (χ3n) is 2.83. The molecule has 1 aromatic carbocycles. The number of pyridine rings is 1. The Kier molecular flexibility index (Phi) is 4.20. The number of methoxy groups -OCH3 is 2. The minimum absolute atomic E-state index is 0.235. The molecule has 1 N–H and O–H groups in total. The Morgan fingerprint density at radius 2 is 1.95 bits per heavy atom. The number of ether oxygens (including phenoxy) is 2. The van der Waals surface area contributed by atoms with E-state index in [1.54, 1.807) is 43.6 Å². The van der Waals surface area contributed by atoms with Gasteiger partial charge in [-0.25, -0.2) is 0 Å². The summed E-state index contributed by atoms with van der Waals surface area (Å²) in [6, 6.07) is 8.72. The van der Waals surface area contributed by atoms with Crippen molar-refractivity contribution in [3.8, 4) is 11.5 Å². The lowest BCUT2D eigenvalue weighted by atomic mass is 10.2. The number of aromatic nitrogens is 1. The molecule has 0 bridgehead atoms. The van der Waals surface area contributed by atoms with E-state index in [9.17, 15) is 4.79 Å². The third kappa shape index (κ3) is 3.06. The van der Waals surface area contributed by atoms with Crippen molar-refractivity contribution in [2.24, 2.45) is 0 Å². The molecule has 0 saturated heterocycles. The molecule has 1 heterocycles. The number of nitrogens with one attached hydrogen (secondary N) is 1. The standard InChI is InChI=1S/C15H16N2O3/c1-10-4-5-11(9-16-10)15(18)17-13-7-6-12(19-2)8-14(13)20-3/h4-9H,1-3H3,(H,17,18). The average Bonchev–Trinajstić information content (AvgIpc) is 2.48. The number of hydrogen-bond acceptors (Lipinski definition) is 4. The smallest absolute Gasteiger partial charge is 0.257 e. The minimum atomic E-state index is -0.235. The van der Waals surface area contributed by atoms with Crippen molar-refractivity contribution in [1.29, 1.82) is 0 Å². The zero-order valence-corrected chi connectivity index (χ0v) is 11.6. The highest BCUT2D eigenvalue weighted by Gasteiger charge is 2.10. The van der Waals surface area contributed by atoms with Crippen molar-refractivity contribution in [3.05, 3.63) is 47.8 Å². The van der Waals surface area contributed by atoms with Gasteiger partial charge in [0.2, 0.25) is 0 Å². The number of nitrogens with zero attached hydrogens (tertiary/aromatic N) is 1. The second-order valence-corrected chi connectivity index (χ2v) is 4.21. The Morgan fingerprint density at radius 1 is 1.15 bits per heavy atom. The van der Waals surface area contributed by atoms with E-state index in [-0.39, 0.29) is 5.91 Å². The zero-order chi connectivity index (χ0) is 14.5. The highest BCUT2D eigenvalue weighted by molar-refractivity contribution is 6.04. The van der Waals surface area contributed by atoms with Crippen LogP contribution in [0.1, 0.15) is 16.1 Å². The van der Waals surface area contributed by atoms with Gasteiger partial charge in [0.05, 0.1) is 25.5 Å². The number of benzene rings is 1. The van der Waals surface area contributed by atoms with Crippen molar-refractivity contribution < 1.29 is 14.3 Å². The van der Waals surface area contributed by atoms with Crippen LogP contribution < -0.4 is 14.8 Å². The third-order valence-corrected chi connectivity index (χ3v) is 2.83. The zero-order valence-electron chi connectivity index (χ0n) is 11.6. The molecule has 1 amide bonds. The quantitative estimate of drug-likeness (QED) is 0.929. The summed E-state index contributed by atoms with van der Waals surface area (Å²) < 4.78 is 10.3. The van der Waals surface area contributed by atoms with Crippen LogP contribution in [0.2, 0.25) is 0 Å². The molecule has 1 aromatic heterocycles. The number of hydrogen-bond donors (Lipinski definition) is 1. The number of carbonyl (C=O) groups is 1. The van der Waals surface area contributed by atoms with Gasteiger partial charge in [0.25, 0.3) is 5.91 Å². The Morgan fingerprint density at radius 3 is 2.55 bits per heavy atom. The van der Waals surface area contributed by atoms with Gasteiger partial charge in [-0.1, -0.05) is 0 Å². The number of carbonyl (C=O) groups excluding carboxylic acids is 1. The summed E-state index contributed by atoms with van der Waals surface area (Å²) in [5, 5.41) is 2.79. The molecule has 0 aliphatic heterocycles. The van der Waals surface area contributed by atoms with Gasteiger partial charge >= 0.3 is 0 Å². The summed E-state index contributed by atoms with van der Waals surface area (Å²) in [4.78, 5) is 16.2. The summed E-state index contributed by atoms with van der Waals surface area (Å²) >= 11 is 0. The first-order chi connectivity index (χ1) is 9.63. The fraction of sp³-hybridized carbons (Fsp3) is 0.200. The van der Waals surface area contributed by atoms with Gasteiger partial charge in [0.15, 0.2) is 0 Å². The number of anilines is 1. The molecule has 5 heteroatoms. The van der Waals surface area contributed by atoms with Crippen LogP contribution in [-0.2, 0) is 0 Å². The van der Waals surface area contributed by atoms with E-state index in [4.69, 9.17) is 9.47 Å². The van der Waals surface area contributed by atoms with E-state index in [1.165, 1.54) is 7.11 Å². The van der Waals surface area contributed by atoms with Crippen molar-refractivity contribution in [1.82, 2.24) is 4.98 Å². The fourth-order valence-corrected chi connectivity index (χ4v) is 1.70. The van der Waals surface area contributed by atoms with E-state index in [2.05, 4.69) is 10.3 Å². The first kappa shape index (κ1) is 13.9. The first-order valence-electron chi connectivity index (χ1n) is 6.10. The van der Waals surface area contributed by atoms with Crippen LogP contribution in [0.15, 0.2) is 36.5 Å². The predicted molar refractivity (Wildman–Crippen MR) is 76.5 cm³/mol. The van der Waals surface area contributed by atoms with E-state index in [0.29, 0.717) is 22.7 Å². The normalized spacial score (nSPS) is 9.95. The van der Waals surface area contributed by atoms with E-state index in [0.717, 1.165) is 5.69 Å². The molecule has 0 fully saturated rings. The maximum Gasteiger partial charge on any atom is 0.257 e. The molecule has 0 aliphatic carbocycles. The molecule has 0 radical (unpaired) electrons. The average molecular weight is 272 g/mol. The lowest BCUT2D eigenvalue weighted by Crippen LogP contribution is -2.13. The van der Waals surface area contributed by atoms with Gasteiger partial charge < -0.3 is 14.8 Å². The van der Waals surface area contributed by atoms with Crippen LogP contribution in [0, 0.1) is 6.92 Å². The lowest BCUT2D eigenvalue weighted by molar-refractivity contribution is 0.102. The molecule has 2 rings (SSSR count). The Balaban J connectivity index is 2.21. The van der Waals surface area contributed by atoms with Crippen LogP contribution in [0.4, 0.5) is 5.69 Å². The second-order valence-electron chi connectivity index (χ2n) is 4.21. The monoisotopic (exact) mass is 272 g/mol. The number of rotatable bonds is 4. The number of aryl methyl sites for hydroxylation is 1. The largest absolute Gasteiger partial charge is 0.497 e. The summed E-state index contributed by atoms with van der Waals surface area (Å²) in [5.74, 6) is 0.968. The van der Waals surface area contributed by atoms with Gasteiger partial charge in [0, 0.05) is 18.0 Å². The van der Waals surface area contributed by atoms with Crippen LogP contribution in [0.3, 0.4) is 0 Å². The second kappa shape index (κ2) is 6.06. The predicted octanol–water partition coefficient (Wildman–Crippen LogP) is 2.66. The topological polar surface area (TPSA) is 60.5 Å². The highest BCUT2D eigenvalue weighted by Crippen LogP contribution is 2.29. The molecule has 0 unspecified atom stereocenters. The Labute approximate surface area is 117 Å². The SMILES string of the molecule is COc1ccc(NC(=O)c2ccc(C)nc2)c(OC)c1. The van der Waals surface area contributed by atoms with Crippen molar-refractivity contribution in [2.45, 2.75) is 6.92 Å². The molecular weight excluding hydrogens is 256 g/mol. The van der Waals surface area contributed by atoms with Crippen molar-refractivity contribution in [3.63, 3.8) is 0 Å². The van der Waals surface area contributed by atoms with E-state index >= 15 is 0 Å². The highest BCUT2D eigenvalue weighted by atomic mass is 16.5. The molecular formula is C15H16N2O3. The molecule has 104 valence electrons. The minimum Gasteiger partial charge on any atom is -0.497 e. The summed E-state index contributed by atoms with van der Waals surface area (Å²) in [6.45, 7) is 1.87. The van der Waals surface area contributed by atoms with Gasteiger partial charge in [-0.3, -0.25) is 9.78 Å². The molecule has 0 saturated carbocycles. The molecule has 0 spiro atoms. The Bertz CT molecular complexity index is 609. The summed E-state index contributed by atoms with van der Waals surface area (Å²) in [6.07, 6.45) is 1.54. The van der Waals surface area contributed by atoms with Crippen LogP contribution >= 0.6 is 0 Å². The maximum absolute atomic E-state index is 12.1. The fourth-order valence-electron chi connectivity index (χ4n) is 1.70. The lowest BCUT2D eigenvalue weighted by Gasteiger charge is -2.11. The van der Waals surface area contributed by atoms with Crippen LogP contribution in [0.5, 0.6) is 11.5 Å². The molecule has 0 atom stereocenters. The van der Waals surface area contributed by atoms with Crippen LogP contribution in [0.25, 0.3) is 0 Å². The summed E-state index contributed by atoms with van der Waals surface area (Å²) in [7, 11) is 3.11. The number of amides is 1. The summed E-state index contributed by atoms with van der Waals surface area (Å²) in [5.41, 5.74) is 1.94. The Hall–Kier alpha value is -2.56. The molecule has 2 aromatic rings. The van der Waals surface area contributed by atoms with Gasteiger partial charge in [-0.2, -0.15) is 0 Å². The molecule has 20 heavy (non-hydrogen) atoms. The molecule has 0 aliphatic rings. The van der Waals surface area contributed by atoms with Gasteiger partial charge in [-0.05, 0) is 31.2 Å². The van der Waals surface area contributed by atoms with Crippen molar-refractivity contribution in [2.75, 3.05) is 19.5 Å². The first-order valence-corrected chi connectivity index (χ1v) is 6.10. The van der Waals surface area contributed by atoms with Gasteiger partial charge in [-0.15, -0.1) is 0 Å². The van der Waals surface area contributed by atoms with E-state index < -0.39 is 0 Å². The molecule has 5 nitrogen and oxygen atoms in total. The van der Waals surface area contributed by atoms with Crippen LogP contribution in [-0.4, -0.2) is 25.1 Å². The van der Waals surface area contributed by atoms with E-state index in [1.807, 2.05) is 6.92 Å². The van der Waals surface area contributed by atoms with Crippen molar-refractivity contribution >= 4 is 11.6 Å². The maximum atomic E-state index is 12.1.